The topological polar surface area (TPSA) is 30.3 Å². The quantitative estimate of drug-likeness (QED) is 0.512. The second kappa shape index (κ2) is 4.30. The van der Waals surface area contributed by atoms with E-state index in [0.717, 1.165) is 38.4 Å². The summed E-state index contributed by atoms with van der Waals surface area (Å²) in [4.78, 5) is 4.53. The first-order chi connectivity index (χ1) is 6.38. The lowest BCUT2D eigenvalue weighted by Crippen LogP contribution is -2.47. The lowest BCUT2D eigenvalue weighted by Gasteiger charge is -2.35. The summed E-state index contributed by atoms with van der Waals surface area (Å²) in [5, 5.41) is 8.01. The van der Waals surface area contributed by atoms with Gasteiger partial charge in [0.1, 0.15) is 0 Å². The third-order valence-electron chi connectivity index (χ3n) is 2.58. The van der Waals surface area contributed by atoms with Crippen LogP contribution in [0.4, 0.5) is 0 Å². The average molecular weight is 197 g/mol. The maximum absolute atomic E-state index is 8.01. The normalized spacial score (nSPS) is 19.9. The Hall–Kier alpha value is -0.570. The highest BCUT2D eigenvalue weighted by Gasteiger charge is 2.20. The van der Waals surface area contributed by atoms with E-state index in [-0.39, 0.29) is 5.41 Å². The summed E-state index contributed by atoms with van der Waals surface area (Å²) in [5.41, 5.74) is 0.237. The molecule has 3 heteroatoms. The van der Waals surface area contributed by atoms with Crippen LogP contribution in [0.15, 0.2) is 0 Å². The average Bonchev–Trinajstić information content (AvgIpc) is 2.02. The molecular weight excluding hydrogens is 174 g/mol. The van der Waals surface area contributed by atoms with Gasteiger partial charge in [0.15, 0.2) is 0 Å². The fourth-order valence-electron chi connectivity index (χ4n) is 1.69. The van der Waals surface area contributed by atoms with Gasteiger partial charge in [-0.25, -0.2) is 0 Å². The van der Waals surface area contributed by atoms with Crippen LogP contribution in [-0.2, 0) is 0 Å². The zero-order chi connectivity index (χ0) is 10.8. The Kier molecular flexibility index (Phi) is 3.53. The lowest BCUT2D eigenvalue weighted by atomic mass is 9.91. The molecule has 1 fully saturated rings. The third-order valence-corrected chi connectivity index (χ3v) is 2.58. The largest absolute Gasteiger partial charge is 0.358 e. The van der Waals surface area contributed by atoms with Gasteiger partial charge in [-0.3, -0.25) is 5.41 Å². The van der Waals surface area contributed by atoms with E-state index >= 15 is 0 Å². The summed E-state index contributed by atoms with van der Waals surface area (Å²) < 4.78 is 0. The Morgan fingerprint density at radius 2 is 1.64 bits per heavy atom. The van der Waals surface area contributed by atoms with E-state index < -0.39 is 0 Å². The molecule has 0 atom stereocenters. The van der Waals surface area contributed by atoms with E-state index in [1.54, 1.807) is 0 Å². The summed E-state index contributed by atoms with van der Waals surface area (Å²) in [7, 11) is 2.14. The van der Waals surface area contributed by atoms with E-state index in [9.17, 15) is 0 Å². The van der Waals surface area contributed by atoms with Crippen LogP contribution < -0.4 is 0 Å². The molecule has 0 aromatic heterocycles. The van der Waals surface area contributed by atoms with Crippen molar-refractivity contribution >= 4 is 5.84 Å². The molecular formula is C11H23N3. The first-order valence-electron chi connectivity index (χ1n) is 5.39. The molecule has 82 valence electrons. The van der Waals surface area contributed by atoms with Gasteiger partial charge in [-0.2, -0.15) is 0 Å². The molecule has 14 heavy (non-hydrogen) atoms. The van der Waals surface area contributed by atoms with Crippen molar-refractivity contribution in [3.63, 3.8) is 0 Å². The maximum atomic E-state index is 8.01. The van der Waals surface area contributed by atoms with Gasteiger partial charge in [-0.1, -0.05) is 20.8 Å². The van der Waals surface area contributed by atoms with Gasteiger partial charge in [0, 0.05) is 32.6 Å². The number of nitrogens with zero attached hydrogens (tertiary/aromatic N) is 2. The van der Waals surface area contributed by atoms with E-state index in [1.165, 1.54) is 0 Å². The van der Waals surface area contributed by atoms with Gasteiger partial charge in [-0.05, 0) is 12.5 Å². The van der Waals surface area contributed by atoms with Crippen LogP contribution in [0.5, 0.6) is 0 Å². The molecule has 1 rings (SSSR count). The van der Waals surface area contributed by atoms with Gasteiger partial charge in [0.25, 0.3) is 0 Å². The van der Waals surface area contributed by atoms with Crippen molar-refractivity contribution in [2.24, 2.45) is 5.41 Å². The first kappa shape index (κ1) is 11.5. The third kappa shape index (κ3) is 3.66. The van der Waals surface area contributed by atoms with Crippen LogP contribution in [0.3, 0.4) is 0 Å². The molecule has 0 radical (unpaired) electrons. The van der Waals surface area contributed by atoms with Crippen LogP contribution in [0.25, 0.3) is 0 Å². The number of hydrogen-bond donors (Lipinski definition) is 1. The lowest BCUT2D eigenvalue weighted by molar-refractivity contribution is 0.208. The Bertz CT molecular complexity index is 197. The molecule has 0 spiro atoms. The van der Waals surface area contributed by atoms with Crippen LogP contribution >= 0.6 is 0 Å². The summed E-state index contributed by atoms with van der Waals surface area (Å²) in [6.45, 7) is 10.8. The summed E-state index contributed by atoms with van der Waals surface area (Å²) >= 11 is 0. The molecule has 3 nitrogen and oxygen atoms in total. The minimum Gasteiger partial charge on any atom is -0.358 e. The minimum atomic E-state index is 0.237. The van der Waals surface area contributed by atoms with Crippen molar-refractivity contribution in [3.8, 4) is 0 Å². The standard InChI is InChI=1S/C11H23N3/c1-11(2,3)9-10(12)14-7-5-13(4)6-8-14/h12H,5-9H2,1-4H3. The number of hydrogen-bond acceptors (Lipinski definition) is 2. The van der Waals surface area contributed by atoms with Crippen LogP contribution in [0, 0.1) is 10.8 Å². The number of nitrogens with one attached hydrogen (secondary N) is 1. The molecule has 1 aliphatic rings. The van der Waals surface area contributed by atoms with E-state index in [2.05, 4.69) is 37.6 Å². The Morgan fingerprint density at radius 1 is 1.14 bits per heavy atom. The van der Waals surface area contributed by atoms with Gasteiger partial charge in [0.05, 0.1) is 5.84 Å². The highest BCUT2D eigenvalue weighted by atomic mass is 15.3. The molecule has 0 aromatic rings. The molecule has 0 unspecified atom stereocenters. The number of likely N-dealkylation sites (N-methyl/N-ethyl adjacent to an activating group) is 1. The molecule has 1 saturated heterocycles. The first-order valence-corrected chi connectivity index (χ1v) is 5.39. The molecule has 0 aromatic carbocycles. The Labute approximate surface area is 87.6 Å². The highest BCUT2D eigenvalue weighted by Crippen LogP contribution is 2.20. The Balaban J connectivity index is 2.38. The van der Waals surface area contributed by atoms with Crippen molar-refractivity contribution < 1.29 is 0 Å². The predicted molar refractivity (Wildman–Crippen MR) is 60.9 cm³/mol. The second-order valence-corrected chi connectivity index (χ2v) is 5.47. The van der Waals surface area contributed by atoms with Crippen molar-refractivity contribution in [1.82, 2.24) is 9.80 Å². The zero-order valence-corrected chi connectivity index (χ0v) is 9.93. The number of rotatable bonds is 1. The second-order valence-electron chi connectivity index (χ2n) is 5.47. The molecule has 1 N–H and O–H groups in total. The van der Waals surface area contributed by atoms with Crippen LogP contribution in [-0.4, -0.2) is 48.9 Å². The molecule has 1 aliphatic heterocycles. The fourth-order valence-corrected chi connectivity index (χ4v) is 1.69. The fraction of sp³-hybridized carbons (Fsp3) is 0.909. The smallest absolute Gasteiger partial charge is 0.0963 e. The predicted octanol–water partition coefficient (Wildman–Crippen LogP) is 1.65. The number of piperazine rings is 1. The Morgan fingerprint density at radius 3 is 2.07 bits per heavy atom. The van der Waals surface area contributed by atoms with Crippen molar-refractivity contribution in [2.45, 2.75) is 27.2 Å². The summed E-state index contributed by atoms with van der Waals surface area (Å²) in [6, 6.07) is 0. The maximum Gasteiger partial charge on any atom is 0.0963 e. The highest BCUT2D eigenvalue weighted by molar-refractivity contribution is 5.79. The summed E-state index contributed by atoms with van der Waals surface area (Å²) in [5.74, 6) is 0.811. The van der Waals surface area contributed by atoms with Crippen LogP contribution in [0.1, 0.15) is 27.2 Å². The number of amidine groups is 1. The SMILES string of the molecule is CN1CCN(C(=N)CC(C)(C)C)CC1. The van der Waals surface area contributed by atoms with E-state index in [0.29, 0.717) is 0 Å². The van der Waals surface area contributed by atoms with Crippen LogP contribution in [0.2, 0.25) is 0 Å². The van der Waals surface area contributed by atoms with Crippen molar-refractivity contribution in [3.05, 3.63) is 0 Å². The molecule has 1 heterocycles. The minimum absolute atomic E-state index is 0.237. The van der Waals surface area contributed by atoms with Gasteiger partial charge < -0.3 is 9.80 Å². The van der Waals surface area contributed by atoms with Gasteiger partial charge >= 0.3 is 0 Å². The van der Waals surface area contributed by atoms with Crippen molar-refractivity contribution in [2.75, 3.05) is 33.2 Å². The molecule has 0 saturated carbocycles. The molecule has 0 bridgehead atoms. The van der Waals surface area contributed by atoms with E-state index in [1.807, 2.05) is 0 Å². The van der Waals surface area contributed by atoms with Crippen molar-refractivity contribution in [1.29, 1.82) is 5.41 Å². The molecule has 0 amide bonds. The van der Waals surface area contributed by atoms with Gasteiger partial charge in [-0.15, -0.1) is 0 Å². The van der Waals surface area contributed by atoms with E-state index in [4.69, 9.17) is 5.41 Å². The zero-order valence-electron chi connectivity index (χ0n) is 9.93. The monoisotopic (exact) mass is 197 g/mol. The molecule has 0 aliphatic carbocycles. The van der Waals surface area contributed by atoms with Gasteiger partial charge in [0.2, 0.25) is 0 Å². The summed E-state index contributed by atoms with van der Waals surface area (Å²) in [6.07, 6.45) is 0.886.